The molecular weight excluding hydrogens is 292 g/mol. The van der Waals surface area contributed by atoms with Crippen molar-refractivity contribution in [2.45, 2.75) is 39.0 Å². The molecule has 0 spiro atoms. The first-order chi connectivity index (χ1) is 8.47. The van der Waals surface area contributed by atoms with Gasteiger partial charge in [0.15, 0.2) is 0 Å². The zero-order valence-corrected chi connectivity index (χ0v) is 12.8. The van der Waals surface area contributed by atoms with Gasteiger partial charge in [0.2, 0.25) is 0 Å². The number of nitrogens with zero attached hydrogens (tertiary/aromatic N) is 1. The third kappa shape index (κ3) is 3.05. The Morgan fingerprint density at radius 3 is 2.44 bits per heavy atom. The number of morpholine rings is 1. The first-order valence-electron chi connectivity index (χ1n) is 6.43. The number of anilines is 1. The quantitative estimate of drug-likeness (QED) is 0.912. The molecule has 1 aromatic rings. The minimum absolute atomic E-state index is 0.0675. The second-order valence-corrected chi connectivity index (χ2v) is 6.02. The van der Waals surface area contributed by atoms with Crippen molar-refractivity contribution in [3.63, 3.8) is 0 Å². The lowest BCUT2D eigenvalue weighted by atomic mass is 10.1. The minimum atomic E-state index is 0.0675. The number of hydrogen-bond donors (Lipinski definition) is 1. The Balaban J connectivity index is 2.22. The molecule has 1 aliphatic heterocycles. The third-order valence-electron chi connectivity index (χ3n) is 3.26. The molecule has 0 bridgehead atoms. The van der Waals surface area contributed by atoms with E-state index in [0.717, 1.165) is 23.1 Å². The maximum absolute atomic E-state index is 5.90. The van der Waals surface area contributed by atoms with E-state index in [0.29, 0.717) is 0 Å². The molecule has 0 saturated carbocycles. The smallest absolute Gasteiger partial charge is 0.0726 e. The SMILES string of the molecule is CC(N)c1ccc(N2C[C@@H](C)O[C@@H](C)C2)c(Br)c1. The van der Waals surface area contributed by atoms with Gasteiger partial charge in [-0.2, -0.15) is 0 Å². The van der Waals surface area contributed by atoms with Gasteiger partial charge in [-0.25, -0.2) is 0 Å². The van der Waals surface area contributed by atoms with Crippen LogP contribution in [0.1, 0.15) is 32.4 Å². The van der Waals surface area contributed by atoms with E-state index in [9.17, 15) is 0 Å². The van der Waals surface area contributed by atoms with Crippen molar-refractivity contribution in [3.05, 3.63) is 28.2 Å². The number of benzene rings is 1. The van der Waals surface area contributed by atoms with Crippen molar-refractivity contribution in [2.24, 2.45) is 5.73 Å². The van der Waals surface area contributed by atoms with Gasteiger partial charge in [-0.05, 0) is 54.4 Å². The number of rotatable bonds is 2. The normalized spacial score (nSPS) is 26.2. The van der Waals surface area contributed by atoms with Gasteiger partial charge in [-0.1, -0.05) is 6.07 Å². The van der Waals surface area contributed by atoms with Crippen LogP contribution in [-0.4, -0.2) is 25.3 Å². The van der Waals surface area contributed by atoms with Crippen molar-refractivity contribution < 1.29 is 4.74 Å². The highest BCUT2D eigenvalue weighted by molar-refractivity contribution is 9.10. The molecule has 0 radical (unpaired) electrons. The average Bonchev–Trinajstić information content (AvgIpc) is 2.27. The summed E-state index contributed by atoms with van der Waals surface area (Å²) in [7, 11) is 0. The standard InChI is InChI=1S/C14H21BrN2O/c1-9-7-17(8-10(2)18-9)14-5-4-12(11(3)16)6-13(14)15/h4-6,9-11H,7-8,16H2,1-3H3/t9-,10+,11?. The number of hydrogen-bond acceptors (Lipinski definition) is 3. The lowest BCUT2D eigenvalue weighted by Gasteiger charge is -2.37. The Kier molecular flexibility index (Phi) is 4.30. The first-order valence-corrected chi connectivity index (χ1v) is 7.22. The van der Waals surface area contributed by atoms with Gasteiger partial charge in [0.25, 0.3) is 0 Å². The maximum atomic E-state index is 5.90. The first kappa shape index (κ1) is 13.8. The third-order valence-corrected chi connectivity index (χ3v) is 3.89. The summed E-state index contributed by atoms with van der Waals surface area (Å²) in [4.78, 5) is 2.37. The molecule has 1 saturated heterocycles. The summed E-state index contributed by atoms with van der Waals surface area (Å²) < 4.78 is 6.87. The van der Waals surface area contributed by atoms with E-state index in [1.165, 1.54) is 5.69 Å². The van der Waals surface area contributed by atoms with Crippen LogP contribution in [0, 0.1) is 0 Å². The molecule has 1 aliphatic rings. The maximum Gasteiger partial charge on any atom is 0.0726 e. The number of ether oxygens (including phenoxy) is 1. The lowest BCUT2D eigenvalue weighted by molar-refractivity contribution is -0.00525. The summed E-state index contributed by atoms with van der Waals surface area (Å²) in [5.74, 6) is 0. The van der Waals surface area contributed by atoms with Crippen LogP contribution in [-0.2, 0) is 4.74 Å². The highest BCUT2D eigenvalue weighted by Crippen LogP contribution is 2.30. The fourth-order valence-corrected chi connectivity index (χ4v) is 3.08. The van der Waals surface area contributed by atoms with Gasteiger partial charge in [-0.15, -0.1) is 0 Å². The van der Waals surface area contributed by atoms with E-state index in [2.05, 4.69) is 52.9 Å². The van der Waals surface area contributed by atoms with Crippen LogP contribution in [0.4, 0.5) is 5.69 Å². The van der Waals surface area contributed by atoms with Gasteiger partial charge in [0.1, 0.15) is 0 Å². The molecule has 100 valence electrons. The highest BCUT2D eigenvalue weighted by Gasteiger charge is 2.23. The van der Waals surface area contributed by atoms with Crippen LogP contribution < -0.4 is 10.6 Å². The lowest BCUT2D eigenvalue weighted by Crippen LogP contribution is -2.45. The zero-order valence-electron chi connectivity index (χ0n) is 11.2. The fraction of sp³-hybridized carbons (Fsp3) is 0.571. The Bertz CT molecular complexity index is 412. The molecule has 18 heavy (non-hydrogen) atoms. The summed E-state index contributed by atoms with van der Waals surface area (Å²) in [5.41, 5.74) is 8.28. The Morgan fingerprint density at radius 1 is 1.33 bits per heavy atom. The predicted molar refractivity (Wildman–Crippen MR) is 79.0 cm³/mol. The van der Waals surface area contributed by atoms with E-state index in [-0.39, 0.29) is 18.2 Å². The molecule has 1 unspecified atom stereocenters. The molecule has 4 heteroatoms. The Labute approximate surface area is 117 Å². The second-order valence-electron chi connectivity index (χ2n) is 5.16. The van der Waals surface area contributed by atoms with Gasteiger partial charge < -0.3 is 15.4 Å². The monoisotopic (exact) mass is 312 g/mol. The topological polar surface area (TPSA) is 38.5 Å². The van der Waals surface area contributed by atoms with Crippen LogP contribution >= 0.6 is 15.9 Å². The van der Waals surface area contributed by atoms with Crippen LogP contribution in [0.3, 0.4) is 0 Å². The predicted octanol–water partition coefficient (Wildman–Crippen LogP) is 3.08. The molecule has 1 heterocycles. The summed E-state index contributed by atoms with van der Waals surface area (Å²) >= 11 is 3.65. The van der Waals surface area contributed by atoms with Gasteiger partial charge >= 0.3 is 0 Å². The van der Waals surface area contributed by atoms with Gasteiger partial charge in [0, 0.05) is 23.6 Å². The van der Waals surface area contributed by atoms with E-state index in [4.69, 9.17) is 10.5 Å². The van der Waals surface area contributed by atoms with Crippen LogP contribution in [0.25, 0.3) is 0 Å². The highest BCUT2D eigenvalue weighted by atomic mass is 79.9. The van der Waals surface area contributed by atoms with E-state index < -0.39 is 0 Å². The molecular formula is C14H21BrN2O. The van der Waals surface area contributed by atoms with E-state index in [1.807, 2.05) is 6.92 Å². The second kappa shape index (κ2) is 5.59. The average molecular weight is 313 g/mol. The van der Waals surface area contributed by atoms with Crippen LogP contribution in [0.5, 0.6) is 0 Å². The Morgan fingerprint density at radius 2 is 1.94 bits per heavy atom. The molecule has 0 aliphatic carbocycles. The largest absolute Gasteiger partial charge is 0.372 e. The van der Waals surface area contributed by atoms with Crippen molar-refractivity contribution in [1.82, 2.24) is 0 Å². The molecule has 1 fully saturated rings. The van der Waals surface area contributed by atoms with E-state index in [1.54, 1.807) is 0 Å². The molecule has 2 rings (SSSR count). The molecule has 0 aromatic heterocycles. The Hall–Kier alpha value is -0.580. The van der Waals surface area contributed by atoms with Gasteiger partial charge in [0.05, 0.1) is 17.9 Å². The molecule has 1 aromatic carbocycles. The summed E-state index contributed by atoms with van der Waals surface area (Å²) in [6.07, 6.45) is 0.544. The number of nitrogens with two attached hydrogens (primary N) is 1. The van der Waals surface area contributed by atoms with Crippen molar-refractivity contribution in [3.8, 4) is 0 Å². The molecule has 2 N–H and O–H groups in total. The number of halogens is 1. The van der Waals surface area contributed by atoms with Crippen LogP contribution in [0.15, 0.2) is 22.7 Å². The van der Waals surface area contributed by atoms with Crippen molar-refractivity contribution >= 4 is 21.6 Å². The minimum Gasteiger partial charge on any atom is -0.372 e. The molecule has 3 nitrogen and oxygen atoms in total. The molecule has 0 amide bonds. The summed E-state index contributed by atoms with van der Waals surface area (Å²) in [5, 5.41) is 0. The van der Waals surface area contributed by atoms with E-state index >= 15 is 0 Å². The summed E-state index contributed by atoms with van der Waals surface area (Å²) in [6.45, 7) is 8.10. The van der Waals surface area contributed by atoms with Crippen molar-refractivity contribution in [1.29, 1.82) is 0 Å². The van der Waals surface area contributed by atoms with Crippen LogP contribution in [0.2, 0.25) is 0 Å². The molecule has 3 atom stereocenters. The fourth-order valence-electron chi connectivity index (χ4n) is 2.44. The summed E-state index contributed by atoms with van der Waals surface area (Å²) in [6, 6.07) is 6.44. The van der Waals surface area contributed by atoms with Gasteiger partial charge in [-0.3, -0.25) is 0 Å². The zero-order chi connectivity index (χ0) is 13.3. The van der Waals surface area contributed by atoms with Crippen molar-refractivity contribution in [2.75, 3.05) is 18.0 Å².